The van der Waals surface area contributed by atoms with Gasteiger partial charge in [0.25, 0.3) is 0 Å². The van der Waals surface area contributed by atoms with Gasteiger partial charge in [-0.15, -0.1) is 0 Å². The molecule has 2 aliphatic heterocycles. The molecular formula is C34H30O3S2. The van der Waals surface area contributed by atoms with Gasteiger partial charge < -0.3 is 14.2 Å². The van der Waals surface area contributed by atoms with E-state index in [4.69, 9.17) is 14.2 Å². The van der Waals surface area contributed by atoms with Crippen LogP contribution >= 0.6 is 23.5 Å². The van der Waals surface area contributed by atoms with Crippen LogP contribution in [0.2, 0.25) is 0 Å². The minimum absolute atomic E-state index is 0.0737. The summed E-state index contributed by atoms with van der Waals surface area (Å²) in [5.41, 5.74) is 4.51. The first-order chi connectivity index (χ1) is 19.2. The van der Waals surface area contributed by atoms with Gasteiger partial charge in [-0.2, -0.15) is 0 Å². The Morgan fingerprint density at radius 2 is 0.872 bits per heavy atom. The van der Waals surface area contributed by atoms with E-state index in [1.54, 1.807) is 23.5 Å². The topological polar surface area (TPSA) is 34.3 Å². The Kier molecular flexibility index (Phi) is 8.05. The van der Waals surface area contributed by atoms with Crippen LogP contribution in [0.25, 0.3) is 12.2 Å². The highest BCUT2D eigenvalue weighted by Gasteiger charge is 2.42. The Bertz CT molecular complexity index is 1290. The molecule has 39 heavy (non-hydrogen) atoms. The molecule has 0 saturated carbocycles. The van der Waals surface area contributed by atoms with Crippen LogP contribution in [-0.2, 0) is 14.2 Å². The second-order valence-electron chi connectivity index (χ2n) is 9.61. The molecule has 0 aliphatic carbocycles. The Labute approximate surface area is 238 Å². The Hall–Kier alpha value is -3.06. The zero-order chi connectivity index (χ0) is 26.6. The highest BCUT2D eigenvalue weighted by molar-refractivity contribution is 7.99. The quantitative estimate of drug-likeness (QED) is 0.165. The SMILES string of the molecule is C=Cc1ccc(Sc2ccc(C(OC(c3ccc(Sc4ccc(C=C)cc4)cc3)C3CO3)C3CO3)cc2)cc1. The number of rotatable bonds is 12. The minimum atomic E-state index is -0.137. The van der Waals surface area contributed by atoms with Gasteiger partial charge in [0, 0.05) is 19.6 Å². The summed E-state index contributed by atoms with van der Waals surface area (Å²) in [6.45, 7) is 9.09. The van der Waals surface area contributed by atoms with Crippen molar-refractivity contribution in [2.45, 2.75) is 44.0 Å². The Balaban J connectivity index is 1.14. The molecule has 0 N–H and O–H groups in total. The van der Waals surface area contributed by atoms with Crippen molar-refractivity contribution >= 4 is 35.7 Å². The highest BCUT2D eigenvalue weighted by atomic mass is 32.2. The Morgan fingerprint density at radius 3 is 1.15 bits per heavy atom. The van der Waals surface area contributed by atoms with E-state index >= 15 is 0 Å². The molecule has 3 nitrogen and oxygen atoms in total. The van der Waals surface area contributed by atoms with Crippen molar-refractivity contribution in [3.05, 3.63) is 132 Å². The molecule has 4 unspecified atom stereocenters. The van der Waals surface area contributed by atoms with Crippen LogP contribution in [0.15, 0.2) is 130 Å². The van der Waals surface area contributed by atoms with Crippen molar-refractivity contribution < 1.29 is 14.2 Å². The number of epoxide rings is 2. The number of hydrogen-bond donors (Lipinski definition) is 0. The smallest absolute Gasteiger partial charge is 0.112 e. The molecule has 2 aliphatic rings. The van der Waals surface area contributed by atoms with E-state index < -0.39 is 0 Å². The third kappa shape index (κ3) is 6.75. The molecule has 0 bridgehead atoms. The van der Waals surface area contributed by atoms with Crippen molar-refractivity contribution in [2.24, 2.45) is 0 Å². The van der Waals surface area contributed by atoms with Crippen LogP contribution in [0.3, 0.4) is 0 Å². The van der Waals surface area contributed by atoms with E-state index in [1.807, 2.05) is 12.2 Å². The first-order valence-electron chi connectivity index (χ1n) is 13.1. The average Bonchev–Trinajstić information content (AvgIpc) is 3.91. The molecule has 0 spiro atoms. The van der Waals surface area contributed by atoms with Crippen molar-refractivity contribution in [1.29, 1.82) is 0 Å². The van der Waals surface area contributed by atoms with Gasteiger partial charge in [-0.3, -0.25) is 0 Å². The third-order valence-corrected chi connectivity index (χ3v) is 8.84. The van der Waals surface area contributed by atoms with Crippen LogP contribution in [0.4, 0.5) is 0 Å². The molecule has 4 aromatic rings. The van der Waals surface area contributed by atoms with Crippen LogP contribution in [0.5, 0.6) is 0 Å². The molecular weight excluding hydrogens is 521 g/mol. The van der Waals surface area contributed by atoms with Gasteiger partial charge in [-0.05, 0) is 70.8 Å². The van der Waals surface area contributed by atoms with Gasteiger partial charge in [0.1, 0.15) is 24.4 Å². The van der Waals surface area contributed by atoms with Crippen molar-refractivity contribution in [1.82, 2.24) is 0 Å². The van der Waals surface area contributed by atoms with E-state index in [0.29, 0.717) is 0 Å². The molecule has 0 amide bonds. The molecule has 4 atom stereocenters. The average molecular weight is 551 g/mol. The molecule has 2 saturated heterocycles. The number of hydrogen-bond acceptors (Lipinski definition) is 5. The van der Waals surface area contributed by atoms with Crippen molar-refractivity contribution in [3.8, 4) is 0 Å². The second-order valence-corrected chi connectivity index (χ2v) is 11.9. The van der Waals surface area contributed by atoms with Gasteiger partial charge in [-0.25, -0.2) is 0 Å². The summed E-state index contributed by atoms with van der Waals surface area (Å²) < 4.78 is 18.2. The maximum atomic E-state index is 6.76. The summed E-state index contributed by atoms with van der Waals surface area (Å²) in [7, 11) is 0. The third-order valence-electron chi connectivity index (χ3n) is 6.81. The first-order valence-corrected chi connectivity index (χ1v) is 14.7. The summed E-state index contributed by atoms with van der Waals surface area (Å²) in [6.07, 6.45) is 3.60. The normalized spacial score (nSPS) is 19.2. The van der Waals surface area contributed by atoms with Crippen molar-refractivity contribution in [2.75, 3.05) is 13.2 Å². The van der Waals surface area contributed by atoms with Crippen LogP contribution < -0.4 is 0 Å². The summed E-state index contributed by atoms with van der Waals surface area (Å²) in [5, 5.41) is 0. The molecule has 6 rings (SSSR count). The molecule has 2 fully saturated rings. The van der Waals surface area contributed by atoms with E-state index in [0.717, 1.165) is 35.5 Å². The maximum Gasteiger partial charge on any atom is 0.112 e. The van der Waals surface area contributed by atoms with E-state index in [1.165, 1.54) is 19.6 Å². The van der Waals surface area contributed by atoms with E-state index in [-0.39, 0.29) is 24.4 Å². The van der Waals surface area contributed by atoms with Gasteiger partial charge >= 0.3 is 0 Å². The zero-order valence-corrected chi connectivity index (χ0v) is 23.2. The first kappa shape index (κ1) is 26.2. The monoisotopic (exact) mass is 550 g/mol. The lowest BCUT2D eigenvalue weighted by Gasteiger charge is -2.24. The fourth-order valence-electron chi connectivity index (χ4n) is 4.45. The van der Waals surface area contributed by atoms with Gasteiger partial charge in [-0.1, -0.05) is 97.4 Å². The number of benzene rings is 4. The predicted octanol–water partition coefficient (Wildman–Crippen LogP) is 8.87. The van der Waals surface area contributed by atoms with Gasteiger partial charge in [0.2, 0.25) is 0 Å². The summed E-state index contributed by atoms with van der Waals surface area (Å²) in [4.78, 5) is 4.78. The standard InChI is InChI=1S/C34H30O3S2/c1-3-23-5-13-27(14-6-23)38-29-17-9-25(10-18-29)33(31-21-35-31)37-34(32-22-36-32)26-11-19-30(20-12-26)39-28-15-7-24(4-2)8-16-28/h3-20,31-34H,1-2,21-22H2. The van der Waals surface area contributed by atoms with Crippen molar-refractivity contribution in [3.63, 3.8) is 0 Å². The molecule has 2 heterocycles. The van der Waals surface area contributed by atoms with E-state index in [9.17, 15) is 0 Å². The lowest BCUT2D eigenvalue weighted by atomic mass is 10.0. The van der Waals surface area contributed by atoms with Gasteiger partial charge in [0.05, 0.1) is 13.2 Å². The highest BCUT2D eigenvalue weighted by Crippen LogP contribution is 2.41. The fraction of sp³-hybridized carbons (Fsp3) is 0.176. The van der Waals surface area contributed by atoms with Gasteiger partial charge in [0.15, 0.2) is 0 Å². The molecule has 5 heteroatoms. The largest absolute Gasteiger partial charge is 0.370 e. The molecule has 0 radical (unpaired) electrons. The minimum Gasteiger partial charge on any atom is -0.370 e. The van der Waals surface area contributed by atoms with Crippen LogP contribution in [-0.4, -0.2) is 25.4 Å². The summed E-state index contributed by atoms with van der Waals surface area (Å²) in [5.74, 6) is 0. The second kappa shape index (κ2) is 12.0. The zero-order valence-electron chi connectivity index (χ0n) is 21.6. The summed E-state index contributed by atoms with van der Waals surface area (Å²) in [6, 6.07) is 34.2. The number of ether oxygens (including phenoxy) is 3. The molecule has 0 aromatic heterocycles. The molecule has 4 aromatic carbocycles. The van der Waals surface area contributed by atoms with Crippen LogP contribution in [0.1, 0.15) is 34.5 Å². The lowest BCUT2D eigenvalue weighted by molar-refractivity contribution is -0.0419. The lowest BCUT2D eigenvalue weighted by Crippen LogP contribution is -2.19. The molecule has 196 valence electrons. The predicted molar refractivity (Wildman–Crippen MR) is 160 cm³/mol. The van der Waals surface area contributed by atoms with Crippen LogP contribution in [0, 0.1) is 0 Å². The van der Waals surface area contributed by atoms with E-state index in [2.05, 4.69) is 110 Å². The fourth-order valence-corrected chi connectivity index (χ4v) is 6.08. The Morgan fingerprint density at radius 1 is 0.564 bits per heavy atom. The summed E-state index contributed by atoms with van der Waals surface area (Å²) >= 11 is 3.50. The maximum absolute atomic E-state index is 6.76.